The second-order valence-corrected chi connectivity index (χ2v) is 6.32. The summed E-state index contributed by atoms with van der Waals surface area (Å²) < 4.78 is 15.3. The fraction of sp³-hybridized carbons (Fsp3) is 0.136. The first kappa shape index (κ1) is 20.0. The Morgan fingerprint density at radius 1 is 1.28 bits per heavy atom. The standard InChI is InChI=1S/C22H21FN4O2/c1-4-13-29-24-14-16-9-11-17(12-10-16)18-7-5-6-8-19(18)25-22(28)20-15(2)26-27(3)21(20)23/h4-12,14H,1,13H2,2-3H3,(H,25,28). The average molecular weight is 392 g/mol. The molecule has 3 aromatic rings. The second-order valence-electron chi connectivity index (χ2n) is 6.32. The molecule has 0 bridgehead atoms. The van der Waals surface area contributed by atoms with Gasteiger partial charge in [-0.2, -0.15) is 9.49 Å². The first-order valence-electron chi connectivity index (χ1n) is 8.97. The third kappa shape index (κ3) is 4.57. The van der Waals surface area contributed by atoms with E-state index in [0.717, 1.165) is 21.4 Å². The number of aromatic nitrogens is 2. The van der Waals surface area contributed by atoms with Crippen LogP contribution in [0.2, 0.25) is 0 Å². The van der Waals surface area contributed by atoms with Crippen molar-refractivity contribution in [3.8, 4) is 11.1 Å². The molecular weight excluding hydrogens is 371 g/mol. The van der Waals surface area contributed by atoms with E-state index in [1.54, 1.807) is 25.3 Å². The SMILES string of the molecule is C=CCON=Cc1ccc(-c2ccccc2NC(=O)c2c(C)nn(C)c2F)cc1. The zero-order valence-electron chi connectivity index (χ0n) is 16.2. The molecule has 2 aromatic carbocycles. The normalized spacial score (nSPS) is 10.9. The monoisotopic (exact) mass is 392 g/mol. The molecule has 6 nitrogen and oxygen atoms in total. The summed E-state index contributed by atoms with van der Waals surface area (Å²) in [5.41, 5.74) is 3.43. The molecule has 1 aromatic heterocycles. The quantitative estimate of drug-likeness (QED) is 0.282. The van der Waals surface area contributed by atoms with Gasteiger partial charge in [-0.1, -0.05) is 60.3 Å². The minimum atomic E-state index is -0.667. The number of hydrogen-bond acceptors (Lipinski definition) is 4. The maximum atomic E-state index is 14.2. The number of carbonyl (C=O) groups is 1. The zero-order chi connectivity index (χ0) is 20.8. The molecule has 0 aliphatic rings. The number of hydrogen-bond donors (Lipinski definition) is 1. The number of rotatable bonds is 7. The topological polar surface area (TPSA) is 68.5 Å². The molecule has 1 amide bonds. The van der Waals surface area contributed by atoms with E-state index < -0.39 is 11.9 Å². The number of anilines is 1. The van der Waals surface area contributed by atoms with Crippen molar-refractivity contribution < 1.29 is 14.0 Å². The van der Waals surface area contributed by atoms with E-state index >= 15 is 0 Å². The van der Waals surface area contributed by atoms with Gasteiger partial charge in [0.25, 0.3) is 5.91 Å². The highest BCUT2D eigenvalue weighted by Gasteiger charge is 2.21. The number of aryl methyl sites for hydroxylation is 2. The molecule has 148 valence electrons. The number of para-hydroxylation sites is 1. The van der Waals surface area contributed by atoms with Crippen LogP contribution >= 0.6 is 0 Å². The van der Waals surface area contributed by atoms with Crippen LogP contribution in [0.5, 0.6) is 0 Å². The van der Waals surface area contributed by atoms with Gasteiger partial charge in [0.05, 0.1) is 11.9 Å². The number of oxime groups is 1. The number of amides is 1. The largest absolute Gasteiger partial charge is 0.392 e. The van der Waals surface area contributed by atoms with Gasteiger partial charge in [0, 0.05) is 18.3 Å². The van der Waals surface area contributed by atoms with Gasteiger partial charge in [-0.15, -0.1) is 0 Å². The van der Waals surface area contributed by atoms with Crippen molar-refractivity contribution >= 4 is 17.8 Å². The molecule has 0 saturated heterocycles. The summed E-state index contributed by atoms with van der Waals surface area (Å²) in [6.45, 7) is 5.50. The molecule has 3 rings (SSSR count). The third-order valence-electron chi connectivity index (χ3n) is 4.24. The minimum absolute atomic E-state index is 0.0617. The maximum Gasteiger partial charge on any atom is 0.262 e. The first-order chi connectivity index (χ1) is 14.0. The van der Waals surface area contributed by atoms with Gasteiger partial charge in [0.1, 0.15) is 12.2 Å². The molecule has 0 spiro atoms. The van der Waals surface area contributed by atoms with E-state index in [4.69, 9.17) is 4.84 Å². The maximum absolute atomic E-state index is 14.2. The van der Waals surface area contributed by atoms with Gasteiger partial charge in [-0.25, -0.2) is 4.68 Å². The lowest BCUT2D eigenvalue weighted by Crippen LogP contribution is -2.15. The molecule has 7 heteroatoms. The minimum Gasteiger partial charge on any atom is -0.392 e. The highest BCUT2D eigenvalue weighted by atomic mass is 19.1. The van der Waals surface area contributed by atoms with Crippen molar-refractivity contribution in [3.05, 3.63) is 84.0 Å². The molecule has 0 fully saturated rings. The van der Waals surface area contributed by atoms with Crippen LogP contribution in [0.15, 0.2) is 66.3 Å². The van der Waals surface area contributed by atoms with Gasteiger partial charge in [-0.3, -0.25) is 4.79 Å². The fourth-order valence-electron chi connectivity index (χ4n) is 2.86. The molecule has 29 heavy (non-hydrogen) atoms. The summed E-state index contributed by atoms with van der Waals surface area (Å²) in [7, 11) is 1.46. The molecule has 0 saturated carbocycles. The van der Waals surface area contributed by atoms with Crippen LogP contribution in [0, 0.1) is 12.9 Å². The van der Waals surface area contributed by atoms with E-state index in [0.29, 0.717) is 18.0 Å². The van der Waals surface area contributed by atoms with Crippen molar-refractivity contribution in [2.45, 2.75) is 6.92 Å². The van der Waals surface area contributed by atoms with E-state index in [2.05, 4.69) is 22.2 Å². The molecule has 0 unspecified atom stereocenters. The molecule has 1 heterocycles. The Balaban J connectivity index is 1.83. The van der Waals surface area contributed by atoms with Gasteiger partial charge >= 0.3 is 0 Å². The number of nitrogens with one attached hydrogen (secondary N) is 1. The molecule has 0 radical (unpaired) electrons. The Morgan fingerprint density at radius 3 is 2.66 bits per heavy atom. The van der Waals surface area contributed by atoms with E-state index in [9.17, 15) is 9.18 Å². The van der Waals surface area contributed by atoms with Crippen LogP contribution in [0.3, 0.4) is 0 Å². The number of benzene rings is 2. The first-order valence-corrected chi connectivity index (χ1v) is 8.97. The highest BCUT2D eigenvalue weighted by Crippen LogP contribution is 2.28. The van der Waals surface area contributed by atoms with Crippen LogP contribution < -0.4 is 5.32 Å². The van der Waals surface area contributed by atoms with E-state index in [1.165, 1.54) is 7.05 Å². The lowest BCUT2D eigenvalue weighted by atomic mass is 10.0. The van der Waals surface area contributed by atoms with Crippen molar-refractivity contribution in [3.63, 3.8) is 0 Å². The Morgan fingerprint density at radius 2 is 2.00 bits per heavy atom. The fourth-order valence-corrected chi connectivity index (χ4v) is 2.86. The van der Waals surface area contributed by atoms with Crippen LogP contribution in [-0.4, -0.2) is 28.5 Å². The van der Waals surface area contributed by atoms with Crippen LogP contribution in [0.4, 0.5) is 10.1 Å². The summed E-state index contributed by atoms with van der Waals surface area (Å²) in [4.78, 5) is 17.6. The average Bonchev–Trinajstić information content (AvgIpc) is 2.98. The highest BCUT2D eigenvalue weighted by molar-refractivity contribution is 6.07. The molecule has 0 atom stereocenters. The molecular formula is C22H21FN4O2. The predicted octanol–water partition coefficient (Wildman–Crippen LogP) is 4.32. The van der Waals surface area contributed by atoms with Gasteiger partial charge < -0.3 is 10.2 Å². The molecule has 0 aliphatic carbocycles. The van der Waals surface area contributed by atoms with Crippen LogP contribution in [-0.2, 0) is 11.9 Å². The lowest BCUT2D eigenvalue weighted by Gasteiger charge is -2.11. The predicted molar refractivity (Wildman–Crippen MR) is 111 cm³/mol. The summed E-state index contributed by atoms with van der Waals surface area (Å²) in [6, 6.07) is 14.9. The second kappa shape index (κ2) is 8.97. The number of nitrogens with zero attached hydrogens (tertiary/aromatic N) is 3. The Hall–Kier alpha value is -3.74. The third-order valence-corrected chi connectivity index (χ3v) is 4.24. The van der Waals surface area contributed by atoms with Crippen LogP contribution in [0.1, 0.15) is 21.6 Å². The Labute approximate surface area is 168 Å². The van der Waals surface area contributed by atoms with Crippen molar-refractivity contribution in [1.82, 2.24) is 9.78 Å². The van der Waals surface area contributed by atoms with Gasteiger partial charge in [0.2, 0.25) is 5.95 Å². The lowest BCUT2D eigenvalue weighted by molar-refractivity contribution is 0.102. The zero-order valence-corrected chi connectivity index (χ0v) is 16.2. The Kier molecular flexibility index (Phi) is 6.19. The summed E-state index contributed by atoms with van der Waals surface area (Å²) in [5, 5.41) is 10.6. The summed E-state index contributed by atoms with van der Waals surface area (Å²) in [6.07, 6.45) is 3.22. The number of carbonyl (C=O) groups excluding carboxylic acids is 1. The Bertz CT molecular complexity index is 1060. The number of halogens is 1. The van der Waals surface area contributed by atoms with Gasteiger partial charge in [0.15, 0.2) is 0 Å². The van der Waals surface area contributed by atoms with Crippen LogP contribution in [0.25, 0.3) is 11.1 Å². The smallest absolute Gasteiger partial charge is 0.262 e. The van der Waals surface area contributed by atoms with Crippen molar-refractivity contribution in [1.29, 1.82) is 0 Å². The summed E-state index contributed by atoms with van der Waals surface area (Å²) in [5.74, 6) is -1.21. The molecule has 1 N–H and O–H groups in total. The summed E-state index contributed by atoms with van der Waals surface area (Å²) >= 11 is 0. The molecule has 0 aliphatic heterocycles. The van der Waals surface area contributed by atoms with E-state index in [1.807, 2.05) is 42.5 Å². The van der Waals surface area contributed by atoms with Crippen molar-refractivity contribution in [2.24, 2.45) is 12.2 Å². The van der Waals surface area contributed by atoms with E-state index in [-0.39, 0.29) is 5.56 Å². The van der Waals surface area contributed by atoms with Crippen molar-refractivity contribution in [2.75, 3.05) is 11.9 Å². The van der Waals surface area contributed by atoms with Gasteiger partial charge in [-0.05, 0) is 24.1 Å².